The van der Waals surface area contributed by atoms with Crippen molar-refractivity contribution in [3.8, 4) is 0 Å². The predicted molar refractivity (Wildman–Crippen MR) is 95.2 cm³/mol. The summed E-state index contributed by atoms with van der Waals surface area (Å²) in [6.07, 6.45) is 4.24. The fourth-order valence-electron chi connectivity index (χ4n) is 3.03. The molecule has 7 heteroatoms. The number of rotatable bonds is 5. The number of carbonyl (C=O) groups excluding carboxylic acids is 2. The number of carbonyl (C=O) groups is 2. The summed E-state index contributed by atoms with van der Waals surface area (Å²) in [7, 11) is 0. The quantitative estimate of drug-likeness (QED) is 0.290. The average molecular weight is 354 g/mol. The predicted octanol–water partition coefficient (Wildman–Crippen LogP) is 3.10. The molecule has 0 unspecified atom stereocenters. The van der Waals surface area contributed by atoms with E-state index in [-0.39, 0.29) is 22.7 Å². The molecule has 26 heavy (non-hydrogen) atoms. The number of hydrogen-bond acceptors (Lipinski definition) is 6. The molecule has 0 aromatic heterocycles. The van der Waals surface area contributed by atoms with Crippen LogP contribution in [0.2, 0.25) is 0 Å². The molecule has 0 aliphatic heterocycles. The van der Waals surface area contributed by atoms with Gasteiger partial charge in [-0.05, 0) is 55.0 Å². The summed E-state index contributed by atoms with van der Waals surface area (Å²) in [5.74, 6) is -1.11. The van der Waals surface area contributed by atoms with E-state index < -0.39 is 17.5 Å². The Hall–Kier alpha value is -3.22. The van der Waals surface area contributed by atoms with Crippen LogP contribution in [0.3, 0.4) is 0 Å². The normalized spacial score (nSPS) is 12.9. The van der Waals surface area contributed by atoms with Crippen molar-refractivity contribution in [2.75, 3.05) is 12.3 Å². The van der Waals surface area contributed by atoms with Crippen LogP contribution in [0, 0.1) is 10.1 Å². The SMILES string of the molecule is Nc1ccc(C(=O)OCC(=O)c2ccc3c(c2)CCCC3)cc1[N+](=O)[O-]. The van der Waals surface area contributed by atoms with Crippen molar-refractivity contribution >= 4 is 23.1 Å². The zero-order valence-electron chi connectivity index (χ0n) is 14.1. The third-order valence-electron chi connectivity index (χ3n) is 4.47. The van der Waals surface area contributed by atoms with Gasteiger partial charge in [-0.15, -0.1) is 0 Å². The van der Waals surface area contributed by atoms with Gasteiger partial charge in [0.1, 0.15) is 5.69 Å². The molecule has 134 valence electrons. The molecule has 2 aromatic rings. The largest absolute Gasteiger partial charge is 0.454 e. The second kappa shape index (κ2) is 7.35. The van der Waals surface area contributed by atoms with Crippen LogP contribution in [0.1, 0.15) is 44.7 Å². The third-order valence-corrected chi connectivity index (χ3v) is 4.47. The third kappa shape index (κ3) is 3.72. The van der Waals surface area contributed by atoms with Crippen molar-refractivity contribution in [3.63, 3.8) is 0 Å². The van der Waals surface area contributed by atoms with Gasteiger partial charge < -0.3 is 10.5 Å². The second-order valence-corrected chi connectivity index (χ2v) is 6.22. The molecule has 0 fully saturated rings. The number of nitro benzene ring substituents is 1. The van der Waals surface area contributed by atoms with Gasteiger partial charge in [0, 0.05) is 11.6 Å². The summed E-state index contributed by atoms with van der Waals surface area (Å²) in [5.41, 5.74) is 7.99. The topological polar surface area (TPSA) is 113 Å². The van der Waals surface area contributed by atoms with Crippen molar-refractivity contribution in [2.24, 2.45) is 0 Å². The molecular formula is C19H18N2O5. The standard InChI is InChI=1S/C19H18N2O5/c20-16-8-7-15(10-17(16)21(24)25)19(23)26-11-18(22)14-6-5-12-3-1-2-4-13(12)9-14/h5-10H,1-4,11,20H2. The Morgan fingerprint density at radius 3 is 2.46 bits per heavy atom. The molecule has 1 aliphatic rings. The first-order chi connectivity index (χ1) is 12.5. The van der Waals surface area contributed by atoms with Crippen molar-refractivity contribution < 1.29 is 19.2 Å². The van der Waals surface area contributed by atoms with E-state index in [4.69, 9.17) is 10.5 Å². The molecule has 2 aromatic carbocycles. The van der Waals surface area contributed by atoms with E-state index in [2.05, 4.69) is 0 Å². The Morgan fingerprint density at radius 1 is 1.04 bits per heavy atom. The summed E-state index contributed by atoms with van der Waals surface area (Å²) < 4.78 is 5.01. The van der Waals surface area contributed by atoms with Gasteiger partial charge in [0.2, 0.25) is 0 Å². The maximum absolute atomic E-state index is 12.3. The Balaban J connectivity index is 1.67. The molecule has 0 amide bonds. The van der Waals surface area contributed by atoms with E-state index in [1.807, 2.05) is 12.1 Å². The molecule has 1 aliphatic carbocycles. The first-order valence-corrected chi connectivity index (χ1v) is 8.32. The fourth-order valence-corrected chi connectivity index (χ4v) is 3.03. The highest BCUT2D eigenvalue weighted by Gasteiger charge is 2.18. The minimum Gasteiger partial charge on any atom is -0.454 e. The number of nitrogens with zero attached hydrogens (tertiary/aromatic N) is 1. The van der Waals surface area contributed by atoms with Gasteiger partial charge in [-0.25, -0.2) is 4.79 Å². The number of esters is 1. The average Bonchev–Trinajstić information content (AvgIpc) is 2.65. The number of ketones is 1. The van der Waals surface area contributed by atoms with Crippen LogP contribution in [0.15, 0.2) is 36.4 Å². The molecule has 3 rings (SSSR count). The maximum atomic E-state index is 12.3. The van der Waals surface area contributed by atoms with Crippen LogP contribution in [-0.4, -0.2) is 23.3 Å². The lowest BCUT2D eigenvalue weighted by Crippen LogP contribution is -2.15. The molecule has 0 radical (unpaired) electrons. The first kappa shape index (κ1) is 17.6. The summed E-state index contributed by atoms with van der Waals surface area (Å²) in [6.45, 7) is -0.421. The summed E-state index contributed by atoms with van der Waals surface area (Å²) in [4.78, 5) is 34.6. The second-order valence-electron chi connectivity index (χ2n) is 6.22. The van der Waals surface area contributed by atoms with Crippen molar-refractivity contribution in [1.29, 1.82) is 0 Å². The number of nitrogens with two attached hydrogens (primary N) is 1. The number of aryl methyl sites for hydroxylation is 2. The highest BCUT2D eigenvalue weighted by molar-refractivity contribution is 5.99. The number of benzene rings is 2. The number of nitrogen functional groups attached to an aromatic ring is 1. The zero-order valence-corrected chi connectivity index (χ0v) is 14.1. The number of anilines is 1. The maximum Gasteiger partial charge on any atom is 0.338 e. The van der Waals surface area contributed by atoms with Gasteiger partial charge in [0.15, 0.2) is 12.4 Å². The summed E-state index contributed by atoms with van der Waals surface area (Å²) >= 11 is 0. The number of fused-ring (bicyclic) bond motifs is 1. The van der Waals surface area contributed by atoms with Gasteiger partial charge in [-0.1, -0.05) is 12.1 Å². The Kier molecular flexibility index (Phi) is 4.97. The van der Waals surface area contributed by atoms with Crippen molar-refractivity contribution in [3.05, 3.63) is 68.8 Å². The summed E-state index contributed by atoms with van der Waals surface area (Å²) in [5, 5.41) is 10.9. The molecule has 0 saturated carbocycles. The van der Waals surface area contributed by atoms with E-state index in [1.165, 1.54) is 23.3 Å². The van der Waals surface area contributed by atoms with E-state index >= 15 is 0 Å². The molecule has 0 spiro atoms. The number of nitro groups is 1. The monoisotopic (exact) mass is 354 g/mol. The van der Waals surface area contributed by atoms with Crippen LogP contribution in [0.5, 0.6) is 0 Å². The van der Waals surface area contributed by atoms with Crippen LogP contribution in [0.25, 0.3) is 0 Å². The van der Waals surface area contributed by atoms with Crippen molar-refractivity contribution in [1.82, 2.24) is 0 Å². The van der Waals surface area contributed by atoms with Crippen LogP contribution in [-0.2, 0) is 17.6 Å². The highest BCUT2D eigenvalue weighted by atomic mass is 16.6. The molecule has 2 N–H and O–H groups in total. The molecule has 0 bridgehead atoms. The molecule has 0 heterocycles. The minimum atomic E-state index is -0.806. The minimum absolute atomic E-state index is 0.0239. The van der Waals surface area contributed by atoms with E-state index in [1.54, 1.807) is 6.07 Å². The lowest BCUT2D eigenvalue weighted by Gasteiger charge is -2.16. The highest BCUT2D eigenvalue weighted by Crippen LogP contribution is 2.24. The smallest absolute Gasteiger partial charge is 0.338 e. The van der Waals surface area contributed by atoms with Crippen LogP contribution < -0.4 is 5.73 Å². The van der Waals surface area contributed by atoms with Gasteiger partial charge in [0.25, 0.3) is 5.69 Å². The van der Waals surface area contributed by atoms with Gasteiger partial charge in [-0.2, -0.15) is 0 Å². The van der Waals surface area contributed by atoms with Gasteiger partial charge in [0.05, 0.1) is 10.5 Å². The van der Waals surface area contributed by atoms with Gasteiger partial charge in [-0.3, -0.25) is 14.9 Å². The molecule has 0 atom stereocenters. The van der Waals surface area contributed by atoms with Crippen LogP contribution >= 0.6 is 0 Å². The molecule has 0 saturated heterocycles. The van der Waals surface area contributed by atoms with Crippen LogP contribution in [0.4, 0.5) is 11.4 Å². The fraction of sp³-hybridized carbons (Fsp3) is 0.263. The zero-order chi connectivity index (χ0) is 18.7. The Bertz CT molecular complexity index is 891. The summed E-state index contributed by atoms with van der Waals surface area (Å²) in [6, 6.07) is 9.19. The van der Waals surface area contributed by atoms with Crippen molar-refractivity contribution in [2.45, 2.75) is 25.7 Å². The Morgan fingerprint density at radius 2 is 1.73 bits per heavy atom. The van der Waals surface area contributed by atoms with E-state index in [0.717, 1.165) is 31.7 Å². The molecule has 7 nitrogen and oxygen atoms in total. The number of hydrogen-bond donors (Lipinski definition) is 1. The van der Waals surface area contributed by atoms with E-state index in [9.17, 15) is 19.7 Å². The lowest BCUT2D eigenvalue weighted by molar-refractivity contribution is -0.383. The number of Topliss-reactive ketones (excluding diaryl/α,β-unsaturated/α-hetero) is 1. The van der Waals surface area contributed by atoms with E-state index in [0.29, 0.717) is 5.56 Å². The lowest BCUT2D eigenvalue weighted by atomic mass is 9.90. The molecular weight excluding hydrogens is 336 g/mol. The Labute approximate surface area is 149 Å². The number of ether oxygens (including phenoxy) is 1. The first-order valence-electron chi connectivity index (χ1n) is 8.32. The van der Waals surface area contributed by atoms with Gasteiger partial charge >= 0.3 is 5.97 Å².